The molecule has 0 saturated heterocycles. The van der Waals surface area contributed by atoms with Crippen molar-refractivity contribution in [1.29, 1.82) is 0 Å². The lowest BCUT2D eigenvalue weighted by Crippen LogP contribution is -2.28. The second-order valence-corrected chi connectivity index (χ2v) is 3.59. The van der Waals surface area contributed by atoms with Gasteiger partial charge in [-0.15, -0.1) is 0 Å². The number of hydrogen-bond acceptors (Lipinski definition) is 2. The minimum Gasteiger partial charge on any atom is -0.367 e. The van der Waals surface area contributed by atoms with Crippen molar-refractivity contribution < 1.29 is 4.79 Å². The first-order chi connectivity index (χ1) is 5.25. The van der Waals surface area contributed by atoms with Crippen molar-refractivity contribution in [3.63, 3.8) is 0 Å². The summed E-state index contributed by atoms with van der Waals surface area (Å²) in [6, 6.07) is 0. The molecule has 0 unspecified atom stereocenters. The highest BCUT2D eigenvalue weighted by Crippen LogP contribution is 2.21. The Hall–Kier alpha value is -0.770. The van der Waals surface area contributed by atoms with Gasteiger partial charge in [-0.2, -0.15) is 0 Å². The zero-order chi connectivity index (χ0) is 7.84. The summed E-state index contributed by atoms with van der Waals surface area (Å²) >= 11 is 3.37. The van der Waals surface area contributed by atoms with Crippen molar-refractivity contribution in [2.45, 2.75) is 6.42 Å². The van der Waals surface area contributed by atoms with Crippen LogP contribution in [0.15, 0.2) is 22.0 Å². The number of carbonyl (C=O) groups is 1. The van der Waals surface area contributed by atoms with Crippen molar-refractivity contribution in [3.05, 3.63) is 22.0 Å². The summed E-state index contributed by atoms with van der Waals surface area (Å²) in [4.78, 5) is 10.9. The molecule has 0 bridgehead atoms. The van der Waals surface area contributed by atoms with Crippen molar-refractivity contribution in [2.24, 2.45) is 0 Å². The predicted octanol–water partition coefficient (Wildman–Crippen LogP) is 0.600. The van der Waals surface area contributed by atoms with Gasteiger partial charge >= 0.3 is 0 Å². The standard InChI is InChI=1S/C7H7BrN2O/c8-5-1-4-2-6(11)10-7(4)9-3-5/h1,9H,2-3H2,(H,10,11). The number of carbonyl (C=O) groups excluding carboxylic acids is 1. The lowest BCUT2D eigenvalue weighted by molar-refractivity contribution is -0.118. The molecule has 0 saturated carbocycles. The Labute approximate surface area is 72.7 Å². The summed E-state index contributed by atoms with van der Waals surface area (Å²) < 4.78 is 1.09. The summed E-state index contributed by atoms with van der Waals surface area (Å²) in [5.74, 6) is 0.944. The average Bonchev–Trinajstić information content (AvgIpc) is 2.27. The van der Waals surface area contributed by atoms with Gasteiger partial charge < -0.3 is 10.6 Å². The quantitative estimate of drug-likeness (QED) is 0.621. The fourth-order valence-electron chi connectivity index (χ4n) is 1.22. The Balaban J connectivity index is 2.30. The molecule has 0 aliphatic carbocycles. The van der Waals surface area contributed by atoms with Crippen molar-refractivity contribution in [1.82, 2.24) is 10.6 Å². The van der Waals surface area contributed by atoms with Gasteiger partial charge in [0.25, 0.3) is 0 Å². The van der Waals surface area contributed by atoms with Crippen LogP contribution in [0.25, 0.3) is 0 Å². The highest BCUT2D eigenvalue weighted by Gasteiger charge is 2.21. The number of amides is 1. The smallest absolute Gasteiger partial charge is 0.230 e. The first-order valence-corrected chi connectivity index (χ1v) is 4.18. The van der Waals surface area contributed by atoms with Gasteiger partial charge in [0, 0.05) is 16.6 Å². The van der Waals surface area contributed by atoms with Crippen LogP contribution in [0.4, 0.5) is 0 Å². The zero-order valence-corrected chi connectivity index (χ0v) is 7.36. The number of allylic oxidation sites excluding steroid dienone is 1. The van der Waals surface area contributed by atoms with Gasteiger partial charge in [0.15, 0.2) is 0 Å². The summed E-state index contributed by atoms with van der Waals surface area (Å²) in [6.45, 7) is 0.763. The van der Waals surface area contributed by atoms with Crippen LogP contribution in [-0.4, -0.2) is 12.5 Å². The maximum atomic E-state index is 10.9. The summed E-state index contributed by atoms with van der Waals surface area (Å²) in [6.07, 6.45) is 2.49. The Kier molecular flexibility index (Phi) is 1.49. The molecule has 2 aliphatic rings. The molecule has 0 fully saturated rings. The molecule has 11 heavy (non-hydrogen) atoms. The third kappa shape index (κ3) is 1.18. The molecule has 2 aliphatic heterocycles. The van der Waals surface area contributed by atoms with Crippen LogP contribution >= 0.6 is 15.9 Å². The minimum atomic E-state index is 0.0703. The Morgan fingerprint density at radius 3 is 3.18 bits per heavy atom. The summed E-state index contributed by atoms with van der Waals surface area (Å²) in [5.41, 5.74) is 1.05. The van der Waals surface area contributed by atoms with Crippen molar-refractivity contribution >= 4 is 21.8 Å². The summed E-state index contributed by atoms with van der Waals surface area (Å²) in [7, 11) is 0. The molecular weight excluding hydrogens is 208 g/mol. The largest absolute Gasteiger partial charge is 0.367 e. The number of dihydropyridines is 1. The van der Waals surface area contributed by atoms with E-state index in [4.69, 9.17) is 0 Å². The van der Waals surface area contributed by atoms with Gasteiger partial charge in [0.05, 0.1) is 6.42 Å². The normalized spacial score (nSPS) is 22.3. The van der Waals surface area contributed by atoms with E-state index in [9.17, 15) is 4.79 Å². The van der Waals surface area contributed by atoms with E-state index in [2.05, 4.69) is 26.6 Å². The maximum Gasteiger partial charge on any atom is 0.230 e. The molecule has 2 N–H and O–H groups in total. The van der Waals surface area contributed by atoms with Gasteiger partial charge in [-0.1, -0.05) is 15.9 Å². The lowest BCUT2D eigenvalue weighted by atomic mass is 10.2. The number of halogens is 1. The van der Waals surface area contributed by atoms with E-state index in [0.717, 1.165) is 22.4 Å². The summed E-state index contributed by atoms with van der Waals surface area (Å²) in [5, 5.41) is 5.83. The van der Waals surface area contributed by atoms with Gasteiger partial charge in [0.1, 0.15) is 5.82 Å². The average molecular weight is 215 g/mol. The Bertz CT molecular complexity index is 280. The van der Waals surface area contributed by atoms with E-state index in [1.54, 1.807) is 0 Å². The molecule has 0 aromatic carbocycles. The number of rotatable bonds is 0. The van der Waals surface area contributed by atoms with Crippen LogP contribution in [0.5, 0.6) is 0 Å². The highest BCUT2D eigenvalue weighted by molar-refractivity contribution is 9.11. The number of nitrogens with one attached hydrogen (secondary N) is 2. The molecule has 4 heteroatoms. The molecule has 0 aromatic heterocycles. The van der Waals surface area contributed by atoms with Crippen LogP contribution in [0.2, 0.25) is 0 Å². The molecule has 2 heterocycles. The van der Waals surface area contributed by atoms with E-state index < -0.39 is 0 Å². The molecule has 0 radical (unpaired) electrons. The molecule has 3 nitrogen and oxygen atoms in total. The number of hydrogen-bond donors (Lipinski definition) is 2. The highest BCUT2D eigenvalue weighted by atomic mass is 79.9. The van der Waals surface area contributed by atoms with E-state index in [1.807, 2.05) is 6.08 Å². The molecule has 0 aromatic rings. The van der Waals surface area contributed by atoms with E-state index in [1.165, 1.54) is 0 Å². The SMILES string of the molecule is O=C1CC2=C(NCC(Br)=C2)N1. The van der Waals surface area contributed by atoms with Crippen LogP contribution in [0.1, 0.15) is 6.42 Å². The Morgan fingerprint density at radius 1 is 1.55 bits per heavy atom. The zero-order valence-electron chi connectivity index (χ0n) is 5.78. The van der Waals surface area contributed by atoms with Crippen LogP contribution in [0, 0.1) is 0 Å². The molecule has 0 spiro atoms. The fraction of sp³-hybridized carbons (Fsp3) is 0.286. The molecule has 58 valence electrons. The van der Waals surface area contributed by atoms with Crippen molar-refractivity contribution in [3.8, 4) is 0 Å². The van der Waals surface area contributed by atoms with Crippen LogP contribution < -0.4 is 10.6 Å². The molecule has 0 atom stereocenters. The molecular formula is C7H7BrN2O. The molecule has 2 rings (SSSR count). The lowest BCUT2D eigenvalue weighted by Gasteiger charge is -2.12. The first-order valence-electron chi connectivity index (χ1n) is 3.38. The van der Waals surface area contributed by atoms with Gasteiger partial charge in [-0.05, 0) is 6.08 Å². The minimum absolute atomic E-state index is 0.0703. The monoisotopic (exact) mass is 214 g/mol. The van der Waals surface area contributed by atoms with Crippen LogP contribution in [0.3, 0.4) is 0 Å². The van der Waals surface area contributed by atoms with E-state index >= 15 is 0 Å². The van der Waals surface area contributed by atoms with Gasteiger partial charge in [0.2, 0.25) is 5.91 Å². The predicted molar refractivity (Wildman–Crippen MR) is 44.8 cm³/mol. The third-order valence-corrected chi connectivity index (χ3v) is 2.21. The van der Waals surface area contributed by atoms with Gasteiger partial charge in [-0.3, -0.25) is 4.79 Å². The fourth-order valence-corrected chi connectivity index (χ4v) is 1.64. The van der Waals surface area contributed by atoms with Gasteiger partial charge in [-0.25, -0.2) is 0 Å². The first kappa shape index (κ1) is 6.91. The maximum absolute atomic E-state index is 10.9. The molecule has 1 amide bonds. The van der Waals surface area contributed by atoms with E-state index in [-0.39, 0.29) is 5.91 Å². The Morgan fingerprint density at radius 2 is 2.36 bits per heavy atom. The topological polar surface area (TPSA) is 41.1 Å². The van der Waals surface area contributed by atoms with E-state index in [0.29, 0.717) is 6.42 Å². The second-order valence-electron chi connectivity index (χ2n) is 2.57. The van der Waals surface area contributed by atoms with Crippen LogP contribution in [-0.2, 0) is 4.79 Å². The second kappa shape index (κ2) is 2.37. The van der Waals surface area contributed by atoms with Crippen molar-refractivity contribution in [2.75, 3.05) is 6.54 Å². The third-order valence-electron chi connectivity index (χ3n) is 1.70.